The molecule has 0 aliphatic heterocycles. The molecule has 0 atom stereocenters. The van der Waals surface area contributed by atoms with Gasteiger partial charge in [0.05, 0.1) is 0 Å². The van der Waals surface area contributed by atoms with Gasteiger partial charge in [0.1, 0.15) is 24.7 Å². The Bertz CT molecular complexity index is 1120. The highest BCUT2D eigenvalue weighted by Crippen LogP contribution is 2.32. The molecule has 3 aromatic rings. The zero-order chi connectivity index (χ0) is 23.5. The lowest BCUT2D eigenvalue weighted by molar-refractivity contribution is -0.144. The second-order valence-electron chi connectivity index (χ2n) is 6.79. The molecule has 6 nitrogen and oxygen atoms in total. The summed E-state index contributed by atoms with van der Waals surface area (Å²) in [5.74, 6) is -0.134. The predicted molar refractivity (Wildman–Crippen MR) is 126 cm³/mol. The van der Waals surface area contributed by atoms with E-state index in [1.807, 2.05) is 60.7 Å². The molecule has 0 aromatic heterocycles. The summed E-state index contributed by atoms with van der Waals surface area (Å²) in [6, 6.07) is 23.5. The average Bonchev–Trinajstić information content (AvgIpc) is 2.86. The van der Waals surface area contributed by atoms with Crippen molar-refractivity contribution in [3.63, 3.8) is 0 Å². The number of hydrogen-bond acceptors (Lipinski definition) is 6. The number of ether oxygens (including phenoxy) is 4. The van der Waals surface area contributed by atoms with Crippen molar-refractivity contribution in [3.05, 3.63) is 98.1 Å². The number of carbonyl (C=O) groups is 2. The molecule has 0 radical (unpaired) electrons. The van der Waals surface area contributed by atoms with Crippen LogP contribution < -0.4 is 9.47 Å². The monoisotopic (exact) mass is 444 g/mol. The summed E-state index contributed by atoms with van der Waals surface area (Å²) >= 11 is 0. The van der Waals surface area contributed by atoms with Gasteiger partial charge in [-0.25, -0.2) is 9.59 Å². The van der Waals surface area contributed by atoms with Crippen molar-refractivity contribution < 1.29 is 28.5 Å². The fourth-order valence-electron chi connectivity index (χ4n) is 2.99. The number of rotatable bonds is 11. The summed E-state index contributed by atoms with van der Waals surface area (Å²) in [6.07, 6.45) is 2.16. The number of benzene rings is 3. The Morgan fingerprint density at radius 1 is 0.636 bits per heavy atom. The van der Waals surface area contributed by atoms with Gasteiger partial charge in [0.2, 0.25) is 6.79 Å². The van der Waals surface area contributed by atoms with Gasteiger partial charge in [-0.15, -0.1) is 0 Å². The Balaban J connectivity index is 1.83. The van der Waals surface area contributed by atoms with Gasteiger partial charge in [-0.2, -0.15) is 0 Å². The third kappa shape index (κ3) is 7.11. The first kappa shape index (κ1) is 23.3. The van der Waals surface area contributed by atoms with Crippen LogP contribution in [0.15, 0.2) is 98.1 Å². The lowest BCUT2D eigenvalue weighted by Gasteiger charge is -2.13. The third-order valence-corrected chi connectivity index (χ3v) is 4.54. The van der Waals surface area contributed by atoms with Crippen LogP contribution in [0.3, 0.4) is 0 Å². The fourth-order valence-corrected chi connectivity index (χ4v) is 2.99. The van der Waals surface area contributed by atoms with Gasteiger partial charge in [0.15, 0.2) is 0 Å². The van der Waals surface area contributed by atoms with E-state index in [4.69, 9.17) is 18.9 Å². The molecule has 0 aliphatic carbocycles. The molecule has 6 heteroatoms. The molecule has 33 heavy (non-hydrogen) atoms. The van der Waals surface area contributed by atoms with Gasteiger partial charge in [-0.1, -0.05) is 61.7 Å². The van der Waals surface area contributed by atoms with E-state index in [-0.39, 0.29) is 20.0 Å². The zero-order valence-corrected chi connectivity index (χ0v) is 18.1. The number of hydrogen-bond donors (Lipinski definition) is 0. The van der Waals surface area contributed by atoms with E-state index in [1.165, 1.54) is 0 Å². The lowest BCUT2D eigenvalue weighted by Crippen LogP contribution is -2.10. The van der Waals surface area contributed by atoms with Crippen LogP contribution in [0.25, 0.3) is 22.3 Å². The van der Waals surface area contributed by atoms with Crippen molar-refractivity contribution in [1.82, 2.24) is 0 Å². The van der Waals surface area contributed by atoms with Gasteiger partial charge >= 0.3 is 11.9 Å². The van der Waals surface area contributed by atoms with Crippen LogP contribution in [-0.2, 0) is 19.1 Å². The van der Waals surface area contributed by atoms with Crippen LogP contribution in [0.2, 0.25) is 0 Å². The van der Waals surface area contributed by atoms with Crippen molar-refractivity contribution in [2.75, 3.05) is 20.0 Å². The molecular formula is C27H24O6. The van der Waals surface area contributed by atoms with Crippen molar-refractivity contribution in [3.8, 4) is 33.8 Å². The summed E-state index contributed by atoms with van der Waals surface area (Å²) in [4.78, 5) is 22.5. The first-order valence-electron chi connectivity index (χ1n) is 10.2. The maximum absolute atomic E-state index is 11.3. The Morgan fingerprint density at radius 3 is 1.94 bits per heavy atom. The largest absolute Gasteiger partial charge is 0.490 e. The molecule has 0 bridgehead atoms. The van der Waals surface area contributed by atoms with Gasteiger partial charge in [0.25, 0.3) is 0 Å². The number of carbonyl (C=O) groups excluding carboxylic acids is 2. The molecule has 3 aromatic carbocycles. The molecule has 0 fully saturated rings. The quantitative estimate of drug-likeness (QED) is 0.175. The molecular weight excluding hydrogens is 420 g/mol. The summed E-state index contributed by atoms with van der Waals surface area (Å²) in [5.41, 5.74) is 3.97. The van der Waals surface area contributed by atoms with E-state index in [0.29, 0.717) is 11.5 Å². The van der Waals surface area contributed by atoms with Gasteiger partial charge in [-0.3, -0.25) is 0 Å². The SMILES string of the molecule is C=CC(=O)OCCOc1cc(OCOC(=O)C=C)cc(-c2cccc(-c3ccccc3)c2)c1. The summed E-state index contributed by atoms with van der Waals surface area (Å²) in [7, 11) is 0. The Labute approximate surface area is 192 Å². The average molecular weight is 444 g/mol. The minimum atomic E-state index is -0.581. The summed E-state index contributed by atoms with van der Waals surface area (Å²) in [6.45, 7) is 6.67. The maximum atomic E-state index is 11.3. The summed E-state index contributed by atoms with van der Waals surface area (Å²) < 4.78 is 21.2. The smallest absolute Gasteiger partial charge is 0.333 e. The highest BCUT2D eigenvalue weighted by atomic mass is 16.7. The second-order valence-corrected chi connectivity index (χ2v) is 6.79. The Morgan fingerprint density at radius 2 is 1.24 bits per heavy atom. The molecule has 0 unspecified atom stereocenters. The van der Waals surface area contributed by atoms with Crippen LogP contribution >= 0.6 is 0 Å². The highest BCUT2D eigenvalue weighted by Gasteiger charge is 2.09. The minimum Gasteiger partial charge on any atom is -0.490 e. The molecule has 0 N–H and O–H groups in total. The molecule has 0 aliphatic rings. The predicted octanol–water partition coefficient (Wildman–Crippen LogP) is 5.19. The molecule has 168 valence electrons. The standard InChI is InChI=1S/C27H24O6/c1-3-26(28)31-14-13-30-24-16-23(17-25(18-24)32-19-33-27(29)4-2)22-12-8-11-21(15-22)20-9-6-5-7-10-20/h3-12,15-18H,1-2,13-14,19H2. The van der Waals surface area contributed by atoms with E-state index >= 15 is 0 Å². The lowest BCUT2D eigenvalue weighted by atomic mass is 9.99. The van der Waals surface area contributed by atoms with E-state index in [1.54, 1.807) is 6.07 Å². The third-order valence-electron chi connectivity index (χ3n) is 4.54. The fraction of sp³-hybridized carbons (Fsp3) is 0.111. The van der Waals surface area contributed by atoms with E-state index < -0.39 is 11.9 Å². The van der Waals surface area contributed by atoms with Gasteiger partial charge < -0.3 is 18.9 Å². The second kappa shape index (κ2) is 11.9. The normalized spacial score (nSPS) is 10.1. The molecule has 0 saturated carbocycles. The van der Waals surface area contributed by atoms with E-state index in [9.17, 15) is 9.59 Å². The summed E-state index contributed by atoms with van der Waals surface area (Å²) in [5, 5.41) is 0. The highest BCUT2D eigenvalue weighted by molar-refractivity contribution is 5.81. The molecule has 0 heterocycles. The van der Waals surface area contributed by atoms with Gasteiger partial charge in [-0.05, 0) is 40.5 Å². The Hall–Kier alpha value is -4.32. The van der Waals surface area contributed by atoms with Gasteiger partial charge in [0, 0.05) is 18.2 Å². The first-order chi connectivity index (χ1) is 16.1. The van der Waals surface area contributed by atoms with E-state index in [0.717, 1.165) is 34.4 Å². The van der Waals surface area contributed by atoms with Crippen molar-refractivity contribution in [1.29, 1.82) is 0 Å². The van der Waals surface area contributed by atoms with Crippen LogP contribution in [0.1, 0.15) is 0 Å². The Kier molecular flexibility index (Phi) is 8.42. The van der Waals surface area contributed by atoms with E-state index in [2.05, 4.69) is 19.2 Å². The van der Waals surface area contributed by atoms with Crippen LogP contribution in [0, 0.1) is 0 Å². The maximum Gasteiger partial charge on any atom is 0.333 e. The molecule has 0 saturated heterocycles. The molecule has 0 amide bonds. The minimum absolute atomic E-state index is 0.0751. The zero-order valence-electron chi connectivity index (χ0n) is 18.1. The van der Waals surface area contributed by atoms with Crippen molar-refractivity contribution in [2.45, 2.75) is 0 Å². The number of esters is 2. The first-order valence-corrected chi connectivity index (χ1v) is 10.2. The van der Waals surface area contributed by atoms with Crippen LogP contribution in [0.4, 0.5) is 0 Å². The molecule has 0 spiro atoms. The van der Waals surface area contributed by atoms with Crippen molar-refractivity contribution >= 4 is 11.9 Å². The van der Waals surface area contributed by atoms with Crippen LogP contribution in [0.5, 0.6) is 11.5 Å². The van der Waals surface area contributed by atoms with Crippen molar-refractivity contribution in [2.24, 2.45) is 0 Å². The van der Waals surface area contributed by atoms with Crippen LogP contribution in [-0.4, -0.2) is 31.9 Å². The topological polar surface area (TPSA) is 71.1 Å². The molecule has 3 rings (SSSR count).